The first-order chi connectivity index (χ1) is 14.6. The highest BCUT2D eigenvalue weighted by atomic mass is 35.5. The summed E-state index contributed by atoms with van der Waals surface area (Å²) in [4.78, 5) is 0. The zero-order valence-corrected chi connectivity index (χ0v) is 24.9. The van der Waals surface area contributed by atoms with Crippen molar-refractivity contribution in [1.29, 1.82) is 0 Å². The summed E-state index contributed by atoms with van der Waals surface area (Å²) in [5, 5.41) is 11.5. The van der Waals surface area contributed by atoms with E-state index in [9.17, 15) is 5.11 Å². The van der Waals surface area contributed by atoms with Crippen LogP contribution in [0.4, 0.5) is 0 Å². The van der Waals surface area contributed by atoms with Crippen molar-refractivity contribution in [2.45, 2.75) is 90.3 Å². The predicted octanol–water partition coefficient (Wildman–Crippen LogP) is -0.896. The molecule has 5 saturated carbocycles. The summed E-state index contributed by atoms with van der Waals surface area (Å²) in [6.45, 7) is 12.4. The maximum Gasteiger partial charge on any atom is 0.110 e. The van der Waals surface area contributed by atoms with Crippen LogP contribution in [0.1, 0.15) is 72.1 Å². The van der Waals surface area contributed by atoms with Crippen LogP contribution in [0.25, 0.3) is 0 Å². The third kappa shape index (κ3) is 3.32. The Bertz CT molecular complexity index is 833. The lowest BCUT2D eigenvalue weighted by Crippen LogP contribution is -3.00. The number of aliphatic hydroxyl groups excluding tert-OH is 1. The lowest BCUT2D eigenvalue weighted by Gasteiger charge is -2.62. The highest BCUT2D eigenvalue weighted by molar-refractivity contribution is 5.35. The number of nitrogens with zero attached hydrogens (tertiary/aromatic N) is 2. The van der Waals surface area contributed by atoms with Crippen LogP contribution in [-0.4, -0.2) is 74.5 Å². The largest absolute Gasteiger partial charge is 1.00 e. The Morgan fingerprint density at radius 1 is 0.882 bits per heavy atom. The Balaban J connectivity index is 0.00000162. The second-order valence-electron chi connectivity index (χ2n) is 15.4. The first-order valence-electron chi connectivity index (χ1n) is 13.5. The van der Waals surface area contributed by atoms with E-state index in [1.54, 1.807) is 5.57 Å². The summed E-state index contributed by atoms with van der Waals surface area (Å²) in [7, 11) is 14.1. The summed E-state index contributed by atoms with van der Waals surface area (Å²) >= 11 is 0. The zero-order chi connectivity index (χ0) is 23.7. The summed E-state index contributed by atoms with van der Waals surface area (Å²) in [5.74, 6) is 1.94. The molecule has 5 aliphatic carbocycles. The van der Waals surface area contributed by atoms with Crippen LogP contribution in [0.5, 0.6) is 0 Å². The molecule has 0 aromatic carbocycles. The molecule has 5 fully saturated rings. The fourth-order valence-corrected chi connectivity index (χ4v) is 10.9. The topological polar surface area (TPSA) is 20.2 Å². The number of hydrogen-bond donors (Lipinski definition) is 1. The van der Waals surface area contributed by atoms with Gasteiger partial charge in [0.15, 0.2) is 0 Å². The number of halogens is 2. The molecule has 0 heterocycles. The zero-order valence-electron chi connectivity index (χ0n) is 23.4. The van der Waals surface area contributed by atoms with Gasteiger partial charge in [-0.15, -0.1) is 0 Å². The van der Waals surface area contributed by atoms with Crippen molar-refractivity contribution in [1.82, 2.24) is 0 Å². The Hall–Kier alpha value is 0.200. The van der Waals surface area contributed by atoms with Crippen molar-refractivity contribution >= 4 is 0 Å². The van der Waals surface area contributed by atoms with Gasteiger partial charge in [-0.25, -0.2) is 0 Å². The predicted molar refractivity (Wildman–Crippen MR) is 133 cm³/mol. The van der Waals surface area contributed by atoms with E-state index in [-0.39, 0.29) is 41.7 Å². The number of quaternary nitrogens is 2. The Kier molecular flexibility index (Phi) is 6.85. The average Bonchev–Trinajstić information content (AvgIpc) is 3.25. The van der Waals surface area contributed by atoms with Gasteiger partial charge in [-0.3, -0.25) is 0 Å². The number of likely N-dealkylation sites (N-methyl/N-ethyl adjacent to an activating group) is 1. The third-order valence-electron chi connectivity index (χ3n) is 12.9. The molecular formula is C29H52Cl2N2O. The van der Waals surface area contributed by atoms with Crippen molar-refractivity contribution < 1.29 is 38.9 Å². The normalized spacial score (nSPS) is 50.5. The van der Waals surface area contributed by atoms with Gasteiger partial charge in [0.05, 0.1) is 54.4 Å². The first kappa shape index (κ1) is 28.8. The second-order valence-corrected chi connectivity index (χ2v) is 15.4. The molecule has 1 N–H and O–H groups in total. The van der Waals surface area contributed by atoms with Crippen LogP contribution >= 0.6 is 0 Å². The minimum absolute atomic E-state index is 0. The SMILES string of the molecule is C=C1[C@@H]2CC[C@@H]3[C@]4(CC[C@]5(C)[C@@H]([C@H](C)[N+](C)(C)C)[C@H](O)C[C@@]35C)C[C@]24CC[C@@H]1[N+](C)(C)C.[Cl-].[Cl-]. The minimum atomic E-state index is -0.149. The van der Waals surface area contributed by atoms with Crippen molar-refractivity contribution in [2.24, 2.45) is 39.4 Å². The van der Waals surface area contributed by atoms with E-state index in [0.717, 1.165) is 27.2 Å². The Labute approximate surface area is 222 Å². The minimum Gasteiger partial charge on any atom is -1.00 e. The molecule has 0 unspecified atom stereocenters. The molecular weight excluding hydrogens is 463 g/mol. The van der Waals surface area contributed by atoms with E-state index >= 15 is 0 Å². The van der Waals surface area contributed by atoms with Gasteiger partial charge in [-0.1, -0.05) is 20.4 Å². The molecule has 5 aliphatic rings. The molecule has 5 rings (SSSR count). The Morgan fingerprint density at radius 2 is 1.50 bits per heavy atom. The van der Waals surface area contributed by atoms with Gasteiger partial charge in [0.1, 0.15) is 6.04 Å². The molecule has 10 atom stereocenters. The van der Waals surface area contributed by atoms with Gasteiger partial charge in [-0.05, 0) is 90.9 Å². The molecule has 34 heavy (non-hydrogen) atoms. The maximum atomic E-state index is 11.5. The van der Waals surface area contributed by atoms with Crippen LogP contribution in [0.15, 0.2) is 12.2 Å². The quantitative estimate of drug-likeness (QED) is 0.382. The van der Waals surface area contributed by atoms with Gasteiger partial charge >= 0.3 is 0 Å². The number of hydrogen-bond acceptors (Lipinski definition) is 1. The molecule has 0 aliphatic heterocycles. The summed E-state index contributed by atoms with van der Waals surface area (Å²) in [5.41, 5.74) is 3.18. The van der Waals surface area contributed by atoms with Crippen molar-refractivity contribution in [3.05, 3.63) is 12.2 Å². The monoisotopic (exact) mass is 514 g/mol. The van der Waals surface area contributed by atoms with Crippen molar-refractivity contribution in [2.75, 3.05) is 42.3 Å². The number of aliphatic hydroxyl groups is 1. The standard InChI is InChI=1S/C29H52N2O.2ClH/c1-19-21-11-12-24-27(4)17-23(32)25(20(2)30(5,6)7)26(27,3)15-16-29(24)18-28(21,29)14-13-22(19)31(8,9)10;;/h20-25,32H,1,11-18H2,2-10H3;2*1H/q+2;;/p-2/t20-,21-,22-,23+,24-,25-,26+,27-,28+,29-;;/m0../s1. The van der Waals surface area contributed by atoms with Gasteiger partial charge in [0.2, 0.25) is 0 Å². The lowest BCUT2D eigenvalue weighted by atomic mass is 9.43. The van der Waals surface area contributed by atoms with Crippen molar-refractivity contribution in [3.63, 3.8) is 0 Å². The maximum absolute atomic E-state index is 11.5. The molecule has 0 amide bonds. The summed E-state index contributed by atoms with van der Waals surface area (Å²) < 4.78 is 1.98. The van der Waals surface area contributed by atoms with Crippen LogP contribution in [0.3, 0.4) is 0 Å². The molecule has 0 saturated heterocycles. The van der Waals surface area contributed by atoms with Crippen molar-refractivity contribution in [3.8, 4) is 0 Å². The van der Waals surface area contributed by atoms with Gasteiger partial charge in [0, 0.05) is 12.3 Å². The number of rotatable bonds is 3. The smallest absolute Gasteiger partial charge is 0.110 e. The van der Waals surface area contributed by atoms with Crippen LogP contribution < -0.4 is 24.8 Å². The molecule has 2 spiro atoms. The van der Waals surface area contributed by atoms with E-state index in [0.29, 0.717) is 28.8 Å². The summed E-state index contributed by atoms with van der Waals surface area (Å²) in [6.07, 6.45) is 10.5. The molecule has 3 nitrogen and oxygen atoms in total. The van der Waals surface area contributed by atoms with Gasteiger partial charge < -0.3 is 38.9 Å². The van der Waals surface area contributed by atoms with Crippen LogP contribution in [0.2, 0.25) is 0 Å². The molecule has 5 heteroatoms. The molecule has 0 aromatic heterocycles. The summed E-state index contributed by atoms with van der Waals surface area (Å²) in [6, 6.07) is 1.11. The van der Waals surface area contributed by atoms with E-state index < -0.39 is 0 Å². The fraction of sp³-hybridized carbons (Fsp3) is 0.931. The lowest BCUT2D eigenvalue weighted by molar-refractivity contribution is -0.899. The fourth-order valence-electron chi connectivity index (χ4n) is 10.9. The molecule has 0 aromatic rings. The molecule has 0 radical (unpaired) electrons. The molecule has 198 valence electrons. The highest BCUT2D eigenvalue weighted by Crippen LogP contribution is 2.88. The highest BCUT2D eigenvalue weighted by Gasteiger charge is 2.82. The van der Waals surface area contributed by atoms with Gasteiger partial charge in [0.25, 0.3) is 0 Å². The van der Waals surface area contributed by atoms with Crippen LogP contribution in [0, 0.1) is 39.4 Å². The van der Waals surface area contributed by atoms with E-state index in [2.05, 4.69) is 63.1 Å². The average molecular weight is 516 g/mol. The van der Waals surface area contributed by atoms with E-state index in [4.69, 9.17) is 6.58 Å². The first-order valence-corrected chi connectivity index (χ1v) is 13.5. The van der Waals surface area contributed by atoms with E-state index in [1.807, 2.05) is 0 Å². The van der Waals surface area contributed by atoms with Crippen LogP contribution in [-0.2, 0) is 0 Å². The third-order valence-corrected chi connectivity index (χ3v) is 12.9. The van der Waals surface area contributed by atoms with E-state index in [1.165, 1.54) is 44.9 Å². The number of fused-ring (bicyclic) bond motifs is 2. The second kappa shape index (κ2) is 8.10. The Morgan fingerprint density at radius 3 is 2.06 bits per heavy atom. The molecule has 0 bridgehead atoms. The van der Waals surface area contributed by atoms with Gasteiger partial charge in [-0.2, -0.15) is 0 Å².